The van der Waals surface area contributed by atoms with Gasteiger partial charge in [-0.1, -0.05) is 11.8 Å². The molecule has 0 bridgehead atoms. The van der Waals surface area contributed by atoms with Crippen LogP contribution in [0.3, 0.4) is 0 Å². The first-order valence-corrected chi connectivity index (χ1v) is 9.70. The maximum atomic E-state index is 12.2. The maximum Gasteiger partial charge on any atom is 0.277 e. The van der Waals surface area contributed by atoms with E-state index in [4.69, 9.17) is 18.6 Å². The molecule has 29 heavy (non-hydrogen) atoms. The second-order valence-corrected chi connectivity index (χ2v) is 6.77. The highest BCUT2D eigenvalue weighted by atomic mass is 32.2. The SMILES string of the molecule is COc1ccc(-c2nnc(SCC(=O)NCc3cc(OC)ccc3OC)o2)cc1. The third kappa shape index (κ3) is 5.41. The molecule has 2 aromatic carbocycles. The molecule has 3 aromatic rings. The number of rotatable bonds is 9. The molecule has 1 aromatic heterocycles. The summed E-state index contributed by atoms with van der Waals surface area (Å²) in [6, 6.07) is 12.7. The van der Waals surface area contributed by atoms with Gasteiger partial charge in [-0.15, -0.1) is 10.2 Å². The van der Waals surface area contributed by atoms with Crippen LogP contribution in [0.15, 0.2) is 52.1 Å². The van der Waals surface area contributed by atoms with E-state index in [9.17, 15) is 4.79 Å². The molecule has 152 valence electrons. The molecule has 0 unspecified atom stereocenters. The van der Waals surface area contributed by atoms with Gasteiger partial charge in [0.15, 0.2) is 0 Å². The van der Waals surface area contributed by atoms with Crippen LogP contribution in [0.25, 0.3) is 11.5 Å². The number of benzene rings is 2. The molecule has 0 fully saturated rings. The van der Waals surface area contributed by atoms with Crippen molar-refractivity contribution in [1.82, 2.24) is 15.5 Å². The van der Waals surface area contributed by atoms with Crippen molar-refractivity contribution >= 4 is 17.7 Å². The van der Waals surface area contributed by atoms with Gasteiger partial charge in [-0.25, -0.2) is 0 Å². The molecule has 0 aliphatic rings. The number of thioether (sulfide) groups is 1. The Morgan fingerprint density at radius 3 is 2.41 bits per heavy atom. The summed E-state index contributed by atoms with van der Waals surface area (Å²) in [4.78, 5) is 12.2. The molecule has 0 aliphatic carbocycles. The van der Waals surface area contributed by atoms with Gasteiger partial charge in [0.25, 0.3) is 5.22 Å². The van der Waals surface area contributed by atoms with Crippen molar-refractivity contribution in [3.8, 4) is 28.7 Å². The molecule has 0 saturated heterocycles. The number of aromatic nitrogens is 2. The van der Waals surface area contributed by atoms with Crippen molar-refractivity contribution in [2.45, 2.75) is 11.8 Å². The lowest BCUT2D eigenvalue weighted by Gasteiger charge is -2.11. The average Bonchev–Trinajstić information content (AvgIpc) is 3.25. The molecule has 1 amide bonds. The van der Waals surface area contributed by atoms with Gasteiger partial charge in [0.1, 0.15) is 17.2 Å². The molecule has 1 heterocycles. The zero-order chi connectivity index (χ0) is 20.6. The van der Waals surface area contributed by atoms with E-state index in [2.05, 4.69) is 15.5 Å². The van der Waals surface area contributed by atoms with E-state index < -0.39 is 0 Å². The van der Waals surface area contributed by atoms with E-state index in [0.717, 1.165) is 16.9 Å². The number of nitrogens with one attached hydrogen (secondary N) is 1. The quantitative estimate of drug-likeness (QED) is 0.533. The van der Waals surface area contributed by atoms with Crippen LogP contribution in [-0.4, -0.2) is 43.2 Å². The first-order valence-electron chi connectivity index (χ1n) is 8.71. The fourth-order valence-corrected chi connectivity index (χ4v) is 3.10. The predicted octanol–water partition coefficient (Wildman–Crippen LogP) is 3.17. The second-order valence-electron chi connectivity index (χ2n) is 5.84. The summed E-state index contributed by atoms with van der Waals surface area (Å²) in [5.41, 5.74) is 1.60. The number of nitrogens with zero attached hydrogens (tertiary/aromatic N) is 2. The molecule has 0 atom stereocenters. The van der Waals surface area contributed by atoms with E-state index in [0.29, 0.717) is 29.2 Å². The zero-order valence-corrected chi connectivity index (χ0v) is 17.1. The summed E-state index contributed by atoms with van der Waals surface area (Å²) in [7, 11) is 4.77. The van der Waals surface area contributed by atoms with Gasteiger partial charge in [0.2, 0.25) is 11.8 Å². The van der Waals surface area contributed by atoms with Crippen molar-refractivity contribution in [3.63, 3.8) is 0 Å². The molecule has 9 heteroatoms. The van der Waals surface area contributed by atoms with Crippen LogP contribution in [0.1, 0.15) is 5.56 Å². The summed E-state index contributed by atoms with van der Waals surface area (Å²) in [6.45, 7) is 0.320. The lowest BCUT2D eigenvalue weighted by molar-refractivity contribution is -0.118. The van der Waals surface area contributed by atoms with Crippen molar-refractivity contribution in [2.75, 3.05) is 27.1 Å². The van der Waals surface area contributed by atoms with Gasteiger partial charge in [-0.2, -0.15) is 0 Å². The average molecular weight is 415 g/mol. The van der Waals surface area contributed by atoms with Crippen LogP contribution in [-0.2, 0) is 11.3 Å². The predicted molar refractivity (Wildman–Crippen MR) is 108 cm³/mol. The second kappa shape index (κ2) is 9.83. The van der Waals surface area contributed by atoms with E-state index in [1.807, 2.05) is 30.3 Å². The molecule has 1 N–H and O–H groups in total. The zero-order valence-electron chi connectivity index (χ0n) is 16.3. The normalized spacial score (nSPS) is 10.4. The molecule has 0 saturated carbocycles. The number of hydrogen-bond donors (Lipinski definition) is 1. The molecular weight excluding hydrogens is 394 g/mol. The Bertz CT molecular complexity index is 959. The molecular formula is C20H21N3O5S. The molecule has 3 rings (SSSR count). The summed E-state index contributed by atoms with van der Waals surface area (Å²) in [6.07, 6.45) is 0. The summed E-state index contributed by atoms with van der Waals surface area (Å²) in [5, 5.41) is 11.2. The Balaban J connectivity index is 1.53. The standard InChI is InChI=1S/C20H21N3O5S/c1-25-15-6-4-13(5-7-15)19-22-23-20(28-19)29-12-18(24)21-11-14-10-16(26-2)8-9-17(14)27-3/h4-10H,11-12H2,1-3H3,(H,21,24). The minimum absolute atomic E-state index is 0.149. The smallest absolute Gasteiger partial charge is 0.277 e. The van der Waals surface area contributed by atoms with Crippen molar-refractivity contribution in [2.24, 2.45) is 0 Å². The number of amides is 1. The van der Waals surface area contributed by atoms with Gasteiger partial charge in [0, 0.05) is 17.7 Å². The van der Waals surface area contributed by atoms with E-state index in [-0.39, 0.29) is 11.7 Å². The number of ether oxygens (including phenoxy) is 3. The number of methoxy groups -OCH3 is 3. The Labute approximate surface area is 172 Å². The first-order chi connectivity index (χ1) is 14.1. The van der Waals surface area contributed by atoms with Crippen LogP contribution in [0, 0.1) is 0 Å². The van der Waals surface area contributed by atoms with Crippen molar-refractivity contribution < 1.29 is 23.4 Å². The monoisotopic (exact) mass is 415 g/mol. The van der Waals surface area contributed by atoms with Gasteiger partial charge in [-0.3, -0.25) is 4.79 Å². The van der Waals surface area contributed by atoms with Crippen LogP contribution in [0.4, 0.5) is 0 Å². The lowest BCUT2D eigenvalue weighted by atomic mass is 10.2. The van der Waals surface area contributed by atoms with Gasteiger partial charge >= 0.3 is 0 Å². The third-order valence-electron chi connectivity index (χ3n) is 4.03. The summed E-state index contributed by atoms with van der Waals surface area (Å²) < 4.78 is 21.3. The Morgan fingerprint density at radius 2 is 1.72 bits per heavy atom. The van der Waals surface area contributed by atoms with E-state index >= 15 is 0 Å². The van der Waals surface area contributed by atoms with Gasteiger partial charge < -0.3 is 23.9 Å². The maximum absolute atomic E-state index is 12.2. The number of hydrogen-bond acceptors (Lipinski definition) is 8. The molecule has 0 radical (unpaired) electrons. The Morgan fingerprint density at radius 1 is 1.00 bits per heavy atom. The van der Waals surface area contributed by atoms with Crippen LogP contribution < -0.4 is 19.5 Å². The third-order valence-corrected chi connectivity index (χ3v) is 4.85. The highest BCUT2D eigenvalue weighted by Crippen LogP contribution is 2.25. The highest BCUT2D eigenvalue weighted by molar-refractivity contribution is 7.99. The van der Waals surface area contributed by atoms with Crippen molar-refractivity contribution in [1.29, 1.82) is 0 Å². The van der Waals surface area contributed by atoms with Gasteiger partial charge in [0.05, 0.1) is 27.1 Å². The molecule has 0 aliphatic heterocycles. The first kappa shape index (κ1) is 20.5. The largest absolute Gasteiger partial charge is 0.497 e. The van der Waals surface area contributed by atoms with E-state index in [1.54, 1.807) is 33.5 Å². The van der Waals surface area contributed by atoms with Crippen molar-refractivity contribution in [3.05, 3.63) is 48.0 Å². The van der Waals surface area contributed by atoms with Crippen LogP contribution in [0.5, 0.6) is 17.2 Å². The number of carbonyl (C=O) groups excluding carboxylic acids is 1. The summed E-state index contributed by atoms with van der Waals surface area (Å²) >= 11 is 1.17. The minimum Gasteiger partial charge on any atom is -0.497 e. The van der Waals surface area contributed by atoms with Crippen LogP contribution >= 0.6 is 11.8 Å². The lowest BCUT2D eigenvalue weighted by Crippen LogP contribution is -2.24. The van der Waals surface area contributed by atoms with E-state index in [1.165, 1.54) is 11.8 Å². The topological polar surface area (TPSA) is 95.7 Å². The highest BCUT2D eigenvalue weighted by Gasteiger charge is 2.12. The Kier molecular flexibility index (Phi) is 6.96. The van der Waals surface area contributed by atoms with Crippen LogP contribution in [0.2, 0.25) is 0 Å². The fraction of sp³-hybridized carbons (Fsp3) is 0.250. The fourth-order valence-electron chi connectivity index (χ4n) is 2.51. The summed E-state index contributed by atoms with van der Waals surface area (Å²) in [5.74, 6) is 2.49. The minimum atomic E-state index is -0.163. The number of carbonyl (C=O) groups is 1. The molecule has 8 nitrogen and oxygen atoms in total. The molecule has 0 spiro atoms. The van der Waals surface area contributed by atoms with Gasteiger partial charge in [-0.05, 0) is 42.5 Å². The Hall–Kier alpha value is -3.20.